The lowest BCUT2D eigenvalue weighted by molar-refractivity contribution is -0.116. The van der Waals surface area contributed by atoms with Crippen molar-refractivity contribution >= 4 is 40.9 Å². The summed E-state index contributed by atoms with van der Waals surface area (Å²) >= 11 is 3.45. The summed E-state index contributed by atoms with van der Waals surface area (Å²) in [6.07, 6.45) is 7.84. The number of anilines is 2. The van der Waals surface area contributed by atoms with Crippen molar-refractivity contribution in [1.29, 1.82) is 0 Å². The van der Waals surface area contributed by atoms with E-state index in [9.17, 15) is 18.9 Å². The first-order valence-corrected chi connectivity index (χ1v) is 14.7. The molecule has 10 nitrogen and oxygen atoms in total. The molecule has 0 saturated carbocycles. The summed E-state index contributed by atoms with van der Waals surface area (Å²) in [5.41, 5.74) is 5.55. The second kappa shape index (κ2) is 14.9. The number of nitrogens with zero attached hydrogens (tertiary/aromatic N) is 2. The first-order chi connectivity index (χ1) is 17.7. The largest absolute Gasteiger partial charge is 0.383 e. The van der Waals surface area contributed by atoms with Crippen molar-refractivity contribution in [2.75, 3.05) is 30.4 Å². The fourth-order valence-electron chi connectivity index (χ4n) is 3.74. The molecular formula is C25H34BrN4O6P. The highest BCUT2D eigenvalue weighted by Gasteiger charge is 2.23. The van der Waals surface area contributed by atoms with Crippen LogP contribution in [0.2, 0.25) is 0 Å². The van der Waals surface area contributed by atoms with Crippen LogP contribution >= 0.6 is 23.5 Å². The van der Waals surface area contributed by atoms with Crippen molar-refractivity contribution in [2.45, 2.75) is 59.0 Å². The lowest BCUT2D eigenvalue weighted by Gasteiger charge is -2.18. The zero-order valence-corrected chi connectivity index (χ0v) is 23.7. The maximum atomic E-state index is 12.9. The van der Waals surface area contributed by atoms with Crippen molar-refractivity contribution in [3.05, 3.63) is 55.1 Å². The number of aromatic nitrogens is 2. The monoisotopic (exact) mass is 596 g/mol. The molecule has 0 aliphatic rings. The van der Waals surface area contributed by atoms with Gasteiger partial charge in [0.2, 0.25) is 5.91 Å². The third-order valence-electron chi connectivity index (χ3n) is 5.53. The number of aryl methyl sites for hydroxylation is 1. The first-order valence-electron chi connectivity index (χ1n) is 12.1. The number of amides is 1. The standard InChI is InChI=1S/C25H34BrN4O6P/c1-4-16-30-24(32)22(28-21(31)15-14-19-12-8-9-13-20(19)26)23(27)29(25(30)33)17-10-7-11-18-37(34,35-5-2)36-6-3/h1,8-9,12-13H,5-7,10-11,14-18,27H2,2-3H3,(H,28,31). The molecule has 0 radical (unpaired) electrons. The number of benzene rings is 1. The minimum atomic E-state index is -3.14. The molecule has 0 unspecified atom stereocenters. The Morgan fingerprint density at radius 2 is 1.81 bits per heavy atom. The van der Waals surface area contributed by atoms with Gasteiger partial charge in [0.05, 0.1) is 25.9 Å². The summed E-state index contributed by atoms with van der Waals surface area (Å²) in [6, 6.07) is 7.53. The number of unbranched alkanes of at least 4 members (excludes halogenated alkanes) is 2. The molecule has 1 aromatic heterocycles. The summed E-state index contributed by atoms with van der Waals surface area (Å²) in [5.74, 6) is 1.75. The number of hydrogen-bond acceptors (Lipinski definition) is 7. The van der Waals surface area contributed by atoms with Crippen LogP contribution in [0.5, 0.6) is 0 Å². The fraction of sp³-hybridized carbons (Fsp3) is 0.480. The van der Waals surface area contributed by atoms with E-state index in [0.29, 0.717) is 25.7 Å². The Bertz CT molecular complexity index is 1270. The Labute approximate surface area is 225 Å². The van der Waals surface area contributed by atoms with Gasteiger partial charge in [0, 0.05) is 17.4 Å². The quantitative estimate of drug-likeness (QED) is 0.180. The number of hydrogen-bond donors (Lipinski definition) is 2. The van der Waals surface area contributed by atoms with E-state index in [-0.39, 0.29) is 50.4 Å². The average Bonchev–Trinajstić information content (AvgIpc) is 2.86. The SMILES string of the molecule is C#CCn1c(=O)c(NC(=O)CCc2ccccc2Br)c(N)n(CCCCCP(=O)(OCC)OCC)c1=O. The van der Waals surface area contributed by atoms with Gasteiger partial charge in [-0.1, -0.05) is 46.5 Å². The molecule has 3 N–H and O–H groups in total. The number of carbonyl (C=O) groups excluding carboxylic acids is 1. The van der Waals surface area contributed by atoms with Gasteiger partial charge in [-0.25, -0.2) is 9.36 Å². The van der Waals surface area contributed by atoms with Gasteiger partial charge in [-0.15, -0.1) is 6.42 Å². The lowest BCUT2D eigenvalue weighted by Crippen LogP contribution is -2.42. The highest BCUT2D eigenvalue weighted by atomic mass is 79.9. The molecule has 1 amide bonds. The van der Waals surface area contributed by atoms with E-state index < -0.39 is 24.8 Å². The Morgan fingerprint density at radius 3 is 2.43 bits per heavy atom. The van der Waals surface area contributed by atoms with Gasteiger partial charge in [-0.2, -0.15) is 0 Å². The van der Waals surface area contributed by atoms with Gasteiger partial charge in [0.1, 0.15) is 11.5 Å². The van der Waals surface area contributed by atoms with Crippen LogP contribution in [0.25, 0.3) is 0 Å². The molecule has 2 aromatic rings. The number of nitrogens with one attached hydrogen (secondary N) is 1. The molecule has 0 aliphatic heterocycles. The second-order valence-corrected chi connectivity index (χ2v) is 11.2. The minimum absolute atomic E-state index is 0.107. The highest BCUT2D eigenvalue weighted by Crippen LogP contribution is 2.48. The van der Waals surface area contributed by atoms with E-state index in [0.717, 1.165) is 14.6 Å². The number of carbonyl (C=O) groups is 1. The van der Waals surface area contributed by atoms with Crippen LogP contribution in [0.1, 0.15) is 45.1 Å². The predicted molar refractivity (Wildman–Crippen MR) is 149 cm³/mol. The molecule has 0 saturated heterocycles. The van der Waals surface area contributed by atoms with Gasteiger partial charge in [0.15, 0.2) is 0 Å². The average molecular weight is 597 g/mol. The van der Waals surface area contributed by atoms with Crippen LogP contribution < -0.4 is 22.3 Å². The van der Waals surface area contributed by atoms with E-state index in [1.165, 1.54) is 4.57 Å². The van der Waals surface area contributed by atoms with Crippen LogP contribution in [0, 0.1) is 12.3 Å². The van der Waals surface area contributed by atoms with Crippen LogP contribution in [0.3, 0.4) is 0 Å². The Kier molecular flexibility index (Phi) is 12.3. The van der Waals surface area contributed by atoms with E-state index in [1.54, 1.807) is 13.8 Å². The van der Waals surface area contributed by atoms with E-state index in [2.05, 4.69) is 27.2 Å². The molecule has 37 heavy (non-hydrogen) atoms. The molecule has 0 atom stereocenters. The molecule has 202 valence electrons. The maximum absolute atomic E-state index is 12.9. The number of nitrogens with two attached hydrogens (primary N) is 1. The zero-order valence-electron chi connectivity index (χ0n) is 21.2. The highest BCUT2D eigenvalue weighted by molar-refractivity contribution is 9.10. The number of terminal acetylenes is 1. The van der Waals surface area contributed by atoms with Crippen LogP contribution in [-0.4, -0.2) is 34.4 Å². The lowest BCUT2D eigenvalue weighted by atomic mass is 10.1. The number of nitrogen functional groups attached to an aromatic ring is 1. The summed E-state index contributed by atoms with van der Waals surface area (Å²) in [6.45, 7) is 4.01. The molecule has 0 spiro atoms. The maximum Gasteiger partial charge on any atom is 0.333 e. The van der Waals surface area contributed by atoms with Gasteiger partial charge in [-0.3, -0.25) is 18.7 Å². The molecule has 1 aromatic carbocycles. The normalized spacial score (nSPS) is 11.3. The smallest absolute Gasteiger partial charge is 0.333 e. The van der Waals surface area contributed by atoms with Crippen molar-refractivity contribution < 1.29 is 18.4 Å². The topological polar surface area (TPSA) is 135 Å². The predicted octanol–water partition coefficient (Wildman–Crippen LogP) is 4.00. The van der Waals surface area contributed by atoms with Crippen LogP contribution in [-0.2, 0) is 37.9 Å². The molecule has 1 heterocycles. The number of halogens is 1. The molecule has 2 rings (SSSR count). The molecule has 0 fully saturated rings. The van der Waals surface area contributed by atoms with Crippen molar-refractivity contribution in [1.82, 2.24) is 9.13 Å². The van der Waals surface area contributed by atoms with E-state index in [1.807, 2.05) is 24.3 Å². The summed E-state index contributed by atoms with van der Waals surface area (Å²) in [5, 5.41) is 2.57. The Balaban J connectivity index is 2.14. The molecular weight excluding hydrogens is 563 g/mol. The van der Waals surface area contributed by atoms with Crippen LogP contribution in [0.15, 0.2) is 38.3 Å². The van der Waals surface area contributed by atoms with Gasteiger partial charge >= 0.3 is 13.3 Å². The number of rotatable bonds is 15. The van der Waals surface area contributed by atoms with Crippen molar-refractivity contribution in [2.24, 2.45) is 0 Å². The van der Waals surface area contributed by atoms with Gasteiger partial charge in [-0.05, 0) is 44.7 Å². The Morgan fingerprint density at radius 1 is 1.14 bits per heavy atom. The Hall–Kier alpha value is -2.64. The summed E-state index contributed by atoms with van der Waals surface area (Å²) < 4.78 is 26.2. The third kappa shape index (κ3) is 8.71. The third-order valence-corrected chi connectivity index (χ3v) is 8.47. The zero-order chi connectivity index (χ0) is 27.4. The minimum Gasteiger partial charge on any atom is -0.383 e. The van der Waals surface area contributed by atoms with Gasteiger partial charge in [0.25, 0.3) is 5.56 Å². The summed E-state index contributed by atoms with van der Waals surface area (Å²) in [7, 11) is -3.14. The summed E-state index contributed by atoms with van der Waals surface area (Å²) in [4.78, 5) is 38.5. The molecule has 0 aliphatic carbocycles. The van der Waals surface area contributed by atoms with Crippen molar-refractivity contribution in [3.8, 4) is 12.3 Å². The molecule has 0 bridgehead atoms. The van der Waals surface area contributed by atoms with Crippen LogP contribution in [0.4, 0.5) is 11.5 Å². The van der Waals surface area contributed by atoms with E-state index in [4.69, 9.17) is 21.2 Å². The fourth-order valence-corrected chi connectivity index (χ4v) is 5.96. The van der Waals surface area contributed by atoms with Crippen molar-refractivity contribution in [3.63, 3.8) is 0 Å². The second-order valence-electron chi connectivity index (χ2n) is 8.16. The first kappa shape index (κ1) is 30.6. The van der Waals surface area contributed by atoms with E-state index >= 15 is 0 Å². The molecule has 12 heteroatoms. The van der Waals surface area contributed by atoms with Gasteiger partial charge < -0.3 is 20.1 Å².